The average Bonchev–Trinajstić information content (AvgIpc) is 3.64. The molecule has 0 unspecified atom stereocenters. The molecular formula is C43H31N3. The molecule has 0 amide bonds. The number of hydrogen-bond donors (Lipinski definition) is 1. The van der Waals surface area contributed by atoms with Crippen LogP contribution in [0.3, 0.4) is 0 Å². The highest BCUT2D eigenvalue weighted by atomic mass is 15.0. The lowest BCUT2D eigenvalue weighted by molar-refractivity contribution is 1.12. The van der Waals surface area contributed by atoms with Gasteiger partial charge in [0.15, 0.2) is 0 Å². The van der Waals surface area contributed by atoms with Crippen LogP contribution in [0.1, 0.15) is 11.1 Å². The molecule has 0 saturated carbocycles. The lowest BCUT2D eigenvalue weighted by atomic mass is 9.91. The van der Waals surface area contributed by atoms with E-state index >= 15 is 0 Å². The van der Waals surface area contributed by atoms with Gasteiger partial charge < -0.3 is 14.9 Å². The first-order valence-electron chi connectivity index (χ1n) is 15.8. The third-order valence-corrected chi connectivity index (χ3v) is 9.37. The number of para-hydroxylation sites is 6. The minimum atomic E-state index is 0.727. The summed E-state index contributed by atoms with van der Waals surface area (Å²) in [6.45, 7) is 0. The third-order valence-electron chi connectivity index (χ3n) is 9.37. The van der Waals surface area contributed by atoms with E-state index < -0.39 is 0 Å². The molecule has 7 aromatic carbocycles. The van der Waals surface area contributed by atoms with Crippen molar-refractivity contribution in [1.82, 2.24) is 9.13 Å². The first-order chi connectivity index (χ1) is 22.8. The molecule has 218 valence electrons. The summed E-state index contributed by atoms with van der Waals surface area (Å²) < 4.78 is 4.87. The topological polar surface area (TPSA) is 35.9 Å². The molecule has 9 aromatic rings. The molecule has 2 heterocycles. The van der Waals surface area contributed by atoms with Gasteiger partial charge in [-0.1, -0.05) is 121 Å². The van der Waals surface area contributed by atoms with Crippen molar-refractivity contribution in [2.24, 2.45) is 0 Å². The van der Waals surface area contributed by atoms with E-state index in [9.17, 15) is 0 Å². The molecule has 0 atom stereocenters. The Kier molecular flexibility index (Phi) is 6.04. The van der Waals surface area contributed by atoms with Crippen LogP contribution in [-0.2, 0) is 6.42 Å². The summed E-state index contributed by atoms with van der Waals surface area (Å²) in [5, 5.41) is 5.00. The van der Waals surface area contributed by atoms with Gasteiger partial charge in [0.2, 0.25) is 0 Å². The van der Waals surface area contributed by atoms with Crippen LogP contribution in [0.4, 0.5) is 5.69 Å². The lowest BCUT2D eigenvalue weighted by Gasteiger charge is -2.18. The van der Waals surface area contributed by atoms with E-state index in [0.717, 1.165) is 34.6 Å². The van der Waals surface area contributed by atoms with Gasteiger partial charge in [-0.15, -0.1) is 0 Å². The van der Waals surface area contributed by atoms with Crippen LogP contribution in [0.25, 0.3) is 66.1 Å². The fourth-order valence-corrected chi connectivity index (χ4v) is 7.41. The second kappa shape index (κ2) is 10.5. The molecule has 0 aliphatic carbocycles. The first-order valence-corrected chi connectivity index (χ1v) is 15.8. The van der Waals surface area contributed by atoms with Crippen molar-refractivity contribution in [3.05, 3.63) is 175 Å². The Morgan fingerprint density at radius 3 is 1.57 bits per heavy atom. The molecule has 3 heteroatoms. The highest BCUT2D eigenvalue weighted by Crippen LogP contribution is 2.42. The van der Waals surface area contributed by atoms with Gasteiger partial charge in [-0.3, -0.25) is 0 Å². The first kappa shape index (κ1) is 26.4. The van der Waals surface area contributed by atoms with Crippen LogP contribution >= 0.6 is 0 Å². The molecule has 2 aromatic heterocycles. The number of fused-ring (bicyclic) bond motifs is 6. The maximum Gasteiger partial charge on any atom is 0.0582 e. The number of nitrogen functional groups attached to an aromatic ring is 1. The molecule has 0 spiro atoms. The van der Waals surface area contributed by atoms with Gasteiger partial charge in [0.05, 0.1) is 22.1 Å². The standard InChI is InChI=1S/C43H31N3/c44-39-23-10-7-19-33(39)32-26-27-37-35-21-9-12-25-41(35)46(31-17-5-2-6-18-31)43(37)38(32)28-29-14-13-22-36-34-20-8-11-24-40(34)45(42(29)36)30-15-3-1-4-16-30/h1-27H,28,44H2. The predicted molar refractivity (Wildman–Crippen MR) is 194 cm³/mol. The largest absolute Gasteiger partial charge is 0.398 e. The Morgan fingerprint density at radius 2 is 0.913 bits per heavy atom. The SMILES string of the molecule is Nc1ccccc1-c1ccc2c3ccccc3n(-c3ccccc3)c2c1Cc1cccc2c3ccccc3n(-c3ccccc3)c12. The molecule has 9 rings (SSSR count). The Morgan fingerprint density at radius 1 is 0.391 bits per heavy atom. The third kappa shape index (κ3) is 3.99. The Hall–Kier alpha value is -6.06. The number of nitrogens with two attached hydrogens (primary N) is 1. The lowest BCUT2D eigenvalue weighted by Crippen LogP contribution is -2.03. The summed E-state index contributed by atoms with van der Waals surface area (Å²) in [5.41, 5.74) is 19.4. The highest BCUT2D eigenvalue weighted by molar-refractivity contribution is 6.13. The predicted octanol–water partition coefficient (Wildman–Crippen LogP) is 10.7. The van der Waals surface area contributed by atoms with E-state index in [2.05, 4.69) is 161 Å². The smallest absolute Gasteiger partial charge is 0.0582 e. The van der Waals surface area contributed by atoms with Gasteiger partial charge in [-0.05, 0) is 59.2 Å². The minimum absolute atomic E-state index is 0.727. The number of rotatable bonds is 5. The molecular weight excluding hydrogens is 558 g/mol. The molecule has 0 bridgehead atoms. The maximum absolute atomic E-state index is 6.71. The number of anilines is 1. The molecule has 0 fully saturated rings. The van der Waals surface area contributed by atoms with Crippen LogP contribution in [0.2, 0.25) is 0 Å². The van der Waals surface area contributed by atoms with E-state index in [1.165, 1.54) is 54.7 Å². The summed E-state index contributed by atoms with van der Waals surface area (Å²) in [6, 6.07) is 58.5. The molecule has 0 aliphatic rings. The van der Waals surface area contributed by atoms with Crippen molar-refractivity contribution in [2.45, 2.75) is 6.42 Å². The van der Waals surface area contributed by atoms with E-state index in [-0.39, 0.29) is 0 Å². The molecule has 0 aliphatic heterocycles. The van der Waals surface area contributed by atoms with Gasteiger partial charge in [-0.2, -0.15) is 0 Å². The van der Waals surface area contributed by atoms with E-state index in [4.69, 9.17) is 5.73 Å². The molecule has 3 nitrogen and oxygen atoms in total. The Labute approximate surface area is 267 Å². The summed E-state index contributed by atoms with van der Waals surface area (Å²) in [6.07, 6.45) is 0.727. The van der Waals surface area contributed by atoms with Gasteiger partial charge in [0.1, 0.15) is 0 Å². The average molecular weight is 590 g/mol. The second-order valence-electron chi connectivity index (χ2n) is 11.9. The fourth-order valence-electron chi connectivity index (χ4n) is 7.41. The van der Waals surface area contributed by atoms with Crippen molar-refractivity contribution in [3.63, 3.8) is 0 Å². The fraction of sp³-hybridized carbons (Fsp3) is 0.0233. The van der Waals surface area contributed by atoms with Crippen LogP contribution in [0, 0.1) is 0 Å². The zero-order chi connectivity index (χ0) is 30.6. The zero-order valence-corrected chi connectivity index (χ0v) is 25.3. The minimum Gasteiger partial charge on any atom is -0.398 e. The van der Waals surface area contributed by atoms with E-state index in [1.807, 2.05) is 12.1 Å². The summed E-state index contributed by atoms with van der Waals surface area (Å²) in [7, 11) is 0. The monoisotopic (exact) mass is 589 g/mol. The van der Waals surface area contributed by atoms with Crippen LogP contribution in [0.15, 0.2) is 164 Å². The van der Waals surface area contributed by atoms with Gasteiger partial charge in [-0.25, -0.2) is 0 Å². The quantitative estimate of drug-likeness (QED) is 0.199. The maximum atomic E-state index is 6.71. The van der Waals surface area contributed by atoms with Gasteiger partial charge in [0.25, 0.3) is 0 Å². The van der Waals surface area contributed by atoms with E-state index in [1.54, 1.807) is 0 Å². The van der Waals surface area contributed by atoms with Crippen LogP contribution in [-0.4, -0.2) is 9.13 Å². The Balaban J connectivity index is 1.42. The second-order valence-corrected chi connectivity index (χ2v) is 11.9. The van der Waals surface area contributed by atoms with Gasteiger partial charge in [0, 0.05) is 50.6 Å². The normalized spacial score (nSPS) is 11.7. The molecule has 2 N–H and O–H groups in total. The highest BCUT2D eigenvalue weighted by Gasteiger charge is 2.22. The summed E-state index contributed by atoms with van der Waals surface area (Å²) >= 11 is 0. The number of nitrogens with zero attached hydrogens (tertiary/aromatic N) is 2. The molecule has 0 radical (unpaired) electrons. The van der Waals surface area contributed by atoms with E-state index in [0.29, 0.717) is 0 Å². The number of aromatic nitrogens is 2. The summed E-state index contributed by atoms with van der Waals surface area (Å²) in [4.78, 5) is 0. The zero-order valence-electron chi connectivity index (χ0n) is 25.3. The van der Waals surface area contributed by atoms with Crippen LogP contribution < -0.4 is 5.73 Å². The van der Waals surface area contributed by atoms with Gasteiger partial charge >= 0.3 is 0 Å². The van der Waals surface area contributed by atoms with Crippen molar-refractivity contribution in [3.8, 4) is 22.5 Å². The van der Waals surface area contributed by atoms with Crippen LogP contribution in [0.5, 0.6) is 0 Å². The summed E-state index contributed by atoms with van der Waals surface area (Å²) in [5.74, 6) is 0. The van der Waals surface area contributed by atoms with Crippen molar-refractivity contribution >= 4 is 49.3 Å². The molecule has 46 heavy (non-hydrogen) atoms. The van der Waals surface area contributed by atoms with Crippen molar-refractivity contribution < 1.29 is 0 Å². The molecule has 0 saturated heterocycles. The van der Waals surface area contributed by atoms with Crippen molar-refractivity contribution in [2.75, 3.05) is 5.73 Å². The Bertz CT molecular complexity index is 2550. The number of benzene rings is 7. The number of hydrogen-bond acceptors (Lipinski definition) is 1. The van der Waals surface area contributed by atoms with Crippen molar-refractivity contribution in [1.29, 1.82) is 0 Å².